The Morgan fingerprint density at radius 3 is 3.00 bits per heavy atom. The Labute approximate surface area is 129 Å². The second-order valence-corrected chi connectivity index (χ2v) is 5.06. The third-order valence-electron chi connectivity index (χ3n) is 3.52. The molecule has 0 unspecified atom stereocenters. The first-order valence-electron chi connectivity index (χ1n) is 7.02. The van der Waals surface area contributed by atoms with Gasteiger partial charge in [0, 0.05) is 19.0 Å². The second kappa shape index (κ2) is 6.98. The van der Waals surface area contributed by atoms with Gasteiger partial charge in [0.2, 0.25) is 11.8 Å². The van der Waals surface area contributed by atoms with Crippen molar-refractivity contribution in [1.82, 2.24) is 10.2 Å². The molecule has 6 heteroatoms. The van der Waals surface area contributed by atoms with Crippen LogP contribution in [0.3, 0.4) is 0 Å². The smallest absolute Gasteiger partial charge is 0.246 e. The average Bonchev–Trinajstić information content (AvgIpc) is 2.53. The maximum atomic E-state index is 12.1. The quantitative estimate of drug-likeness (QED) is 0.832. The molecule has 1 aromatic rings. The predicted octanol–water partition coefficient (Wildman–Crippen LogP) is 1.28. The van der Waals surface area contributed by atoms with Gasteiger partial charge in [0.15, 0.2) is 0 Å². The van der Waals surface area contributed by atoms with E-state index >= 15 is 0 Å². The number of likely N-dealkylation sites (N-methyl/N-ethyl adjacent to an activating group) is 1. The lowest BCUT2D eigenvalue weighted by molar-refractivity contribution is -0.131. The lowest BCUT2D eigenvalue weighted by Gasteiger charge is -2.27. The molecule has 1 aliphatic rings. The number of hydrogen-bond donors (Lipinski definition) is 1. The molecule has 1 N–H and O–H groups in total. The number of hydrogen-bond acceptors (Lipinski definition) is 4. The fraction of sp³-hybridized carbons (Fsp3) is 0.375. The number of ether oxygens (including phenoxy) is 2. The lowest BCUT2D eigenvalue weighted by atomic mass is 10.00. The molecular formula is C16H20N2O4. The van der Waals surface area contributed by atoms with Crippen molar-refractivity contribution in [2.45, 2.75) is 12.5 Å². The standard InChI is InChI=1S/C16H20N2O4/c1-4-16(20)18(2)10-15(19)17-13-7-8-22-14-6-5-11(21-3)9-12(13)14/h4-6,9,13H,1,7-8,10H2,2-3H3,(H,17,19)/t13-/m0/s1. The minimum Gasteiger partial charge on any atom is -0.497 e. The third kappa shape index (κ3) is 3.58. The minimum atomic E-state index is -0.288. The summed E-state index contributed by atoms with van der Waals surface area (Å²) in [6.07, 6.45) is 1.85. The summed E-state index contributed by atoms with van der Waals surface area (Å²) in [6.45, 7) is 3.92. The van der Waals surface area contributed by atoms with Crippen molar-refractivity contribution in [3.63, 3.8) is 0 Å². The van der Waals surface area contributed by atoms with Crippen LogP contribution in [0.25, 0.3) is 0 Å². The fourth-order valence-electron chi connectivity index (χ4n) is 2.34. The summed E-state index contributed by atoms with van der Waals surface area (Å²) in [7, 11) is 3.15. The molecule has 1 aromatic carbocycles. The van der Waals surface area contributed by atoms with E-state index in [9.17, 15) is 9.59 Å². The zero-order chi connectivity index (χ0) is 16.1. The summed E-state index contributed by atoms with van der Waals surface area (Å²) in [5.41, 5.74) is 0.886. The first kappa shape index (κ1) is 15.9. The molecule has 22 heavy (non-hydrogen) atoms. The molecule has 0 fully saturated rings. The molecule has 6 nitrogen and oxygen atoms in total. The topological polar surface area (TPSA) is 67.9 Å². The van der Waals surface area contributed by atoms with Crippen LogP contribution in [0.5, 0.6) is 11.5 Å². The van der Waals surface area contributed by atoms with Crippen molar-refractivity contribution < 1.29 is 19.1 Å². The Hall–Kier alpha value is -2.50. The summed E-state index contributed by atoms with van der Waals surface area (Å²) in [6, 6.07) is 5.36. The van der Waals surface area contributed by atoms with Gasteiger partial charge in [0.05, 0.1) is 26.3 Å². The van der Waals surface area contributed by atoms with E-state index in [1.807, 2.05) is 18.2 Å². The van der Waals surface area contributed by atoms with Crippen LogP contribution in [0.1, 0.15) is 18.0 Å². The van der Waals surface area contributed by atoms with E-state index in [1.54, 1.807) is 14.2 Å². The van der Waals surface area contributed by atoms with Crippen LogP contribution < -0.4 is 14.8 Å². The van der Waals surface area contributed by atoms with E-state index in [0.29, 0.717) is 18.8 Å². The van der Waals surface area contributed by atoms with Gasteiger partial charge in [-0.1, -0.05) is 6.58 Å². The lowest BCUT2D eigenvalue weighted by Crippen LogP contribution is -2.40. The summed E-state index contributed by atoms with van der Waals surface area (Å²) in [4.78, 5) is 24.8. The van der Waals surface area contributed by atoms with Gasteiger partial charge < -0.3 is 19.7 Å². The number of benzene rings is 1. The van der Waals surface area contributed by atoms with Crippen molar-refractivity contribution in [2.75, 3.05) is 27.3 Å². The molecule has 0 aromatic heterocycles. The predicted molar refractivity (Wildman–Crippen MR) is 81.8 cm³/mol. The number of carbonyl (C=O) groups excluding carboxylic acids is 2. The highest BCUT2D eigenvalue weighted by Crippen LogP contribution is 2.34. The molecule has 1 heterocycles. The maximum Gasteiger partial charge on any atom is 0.246 e. The van der Waals surface area contributed by atoms with Crippen LogP contribution >= 0.6 is 0 Å². The maximum absolute atomic E-state index is 12.1. The summed E-state index contributed by atoms with van der Waals surface area (Å²) >= 11 is 0. The summed E-state index contributed by atoms with van der Waals surface area (Å²) in [5.74, 6) is 0.942. The molecule has 0 aliphatic carbocycles. The third-order valence-corrected chi connectivity index (χ3v) is 3.52. The van der Waals surface area contributed by atoms with Gasteiger partial charge in [-0.2, -0.15) is 0 Å². The van der Waals surface area contributed by atoms with E-state index in [-0.39, 0.29) is 24.4 Å². The van der Waals surface area contributed by atoms with Crippen molar-refractivity contribution in [1.29, 1.82) is 0 Å². The number of carbonyl (C=O) groups is 2. The monoisotopic (exact) mass is 304 g/mol. The van der Waals surface area contributed by atoms with Gasteiger partial charge in [0.1, 0.15) is 11.5 Å². The Bertz CT molecular complexity index is 586. The van der Waals surface area contributed by atoms with Gasteiger partial charge in [-0.3, -0.25) is 9.59 Å². The Balaban J connectivity index is 2.07. The van der Waals surface area contributed by atoms with Gasteiger partial charge in [-0.05, 0) is 24.3 Å². The van der Waals surface area contributed by atoms with E-state index in [2.05, 4.69) is 11.9 Å². The molecule has 118 valence electrons. The first-order valence-corrected chi connectivity index (χ1v) is 7.02. The van der Waals surface area contributed by atoms with Crippen LogP contribution in [0.15, 0.2) is 30.9 Å². The highest BCUT2D eigenvalue weighted by atomic mass is 16.5. The van der Waals surface area contributed by atoms with Crippen molar-refractivity contribution >= 4 is 11.8 Å². The van der Waals surface area contributed by atoms with Crippen LogP contribution in [0.2, 0.25) is 0 Å². The van der Waals surface area contributed by atoms with Gasteiger partial charge in [-0.25, -0.2) is 0 Å². The van der Waals surface area contributed by atoms with Gasteiger partial charge in [0.25, 0.3) is 0 Å². The molecule has 2 amide bonds. The number of amides is 2. The molecule has 0 spiro atoms. The van der Waals surface area contributed by atoms with E-state index in [1.165, 1.54) is 11.0 Å². The highest BCUT2D eigenvalue weighted by molar-refractivity contribution is 5.90. The summed E-state index contributed by atoms with van der Waals surface area (Å²) < 4.78 is 10.8. The van der Waals surface area contributed by atoms with Crippen LogP contribution in [0.4, 0.5) is 0 Å². The number of nitrogens with zero attached hydrogens (tertiary/aromatic N) is 1. The highest BCUT2D eigenvalue weighted by Gasteiger charge is 2.24. The molecule has 0 bridgehead atoms. The average molecular weight is 304 g/mol. The number of fused-ring (bicyclic) bond motifs is 1. The fourth-order valence-corrected chi connectivity index (χ4v) is 2.34. The van der Waals surface area contributed by atoms with Crippen molar-refractivity contribution in [3.05, 3.63) is 36.4 Å². The Morgan fingerprint density at radius 1 is 1.55 bits per heavy atom. The zero-order valence-electron chi connectivity index (χ0n) is 12.8. The number of nitrogens with one attached hydrogen (secondary N) is 1. The summed E-state index contributed by atoms with van der Waals surface area (Å²) in [5, 5.41) is 2.93. The molecule has 2 rings (SSSR count). The molecule has 0 radical (unpaired) electrons. The molecule has 0 saturated carbocycles. The van der Waals surface area contributed by atoms with E-state index < -0.39 is 0 Å². The number of methoxy groups -OCH3 is 1. The van der Waals surface area contributed by atoms with Crippen LogP contribution in [-0.2, 0) is 9.59 Å². The van der Waals surface area contributed by atoms with E-state index in [0.717, 1.165) is 11.3 Å². The molecule has 0 saturated heterocycles. The van der Waals surface area contributed by atoms with Gasteiger partial charge >= 0.3 is 0 Å². The van der Waals surface area contributed by atoms with Crippen molar-refractivity contribution in [2.24, 2.45) is 0 Å². The number of rotatable bonds is 5. The van der Waals surface area contributed by atoms with Crippen LogP contribution in [0, 0.1) is 0 Å². The molecule has 1 atom stereocenters. The SMILES string of the molecule is C=CC(=O)N(C)CC(=O)N[C@H]1CCOc2ccc(OC)cc21. The zero-order valence-corrected chi connectivity index (χ0v) is 12.8. The van der Waals surface area contributed by atoms with Gasteiger partial charge in [-0.15, -0.1) is 0 Å². The normalized spacial score (nSPS) is 16.0. The Morgan fingerprint density at radius 2 is 2.32 bits per heavy atom. The minimum absolute atomic E-state index is 0.0124. The largest absolute Gasteiger partial charge is 0.497 e. The Kier molecular flexibility index (Phi) is 5.04. The first-order chi connectivity index (χ1) is 10.5. The second-order valence-electron chi connectivity index (χ2n) is 5.06. The van der Waals surface area contributed by atoms with E-state index in [4.69, 9.17) is 9.47 Å². The van der Waals surface area contributed by atoms with Crippen LogP contribution in [-0.4, -0.2) is 44.0 Å². The van der Waals surface area contributed by atoms with Crippen molar-refractivity contribution in [3.8, 4) is 11.5 Å². The molecule has 1 aliphatic heterocycles. The molecular weight excluding hydrogens is 284 g/mol.